The Bertz CT molecular complexity index is 996. The van der Waals surface area contributed by atoms with Crippen molar-refractivity contribution in [1.29, 1.82) is 5.26 Å². The molecule has 136 valence electrons. The number of amides is 2. The molecule has 6 nitrogen and oxygen atoms in total. The SMILES string of the molecule is N#CCNC(=O)CNC(=O)Cc1nc2cc(Sc3ccccc3)ccc2s1. The average molecular weight is 396 g/mol. The summed E-state index contributed by atoms with van der Waals surface area (Å²) in [5.41, 5.74) is 0.857. The fraction of sp³-hybridized carbons (Fsp3) is 0.158. The first-order valence-electron chi connectivity index (χ1n) is 8.17. The number of fused-ring (bicyclic) bond motifs is 1. The average Bonchev–Trinajstić information content (AvgIpc) is 3.07. The highest BCUT2D eigenvalue weighted by Crippen LogP contribution is 2.31. The fourth-order valence-electron chi connectivity index (χ4n) is 2.30. The number of carbonyl (C=O) groups excluding carboxylic acids is 2. The summed E-state index contributed by atoms with van der Waals surface area (Å²) in [6.07, 6.45) is 0.117. The highest BCUT2D eigenvalue weighted by Gasteiger charge is 2.11. The van der Waals surface area contributed by atoms with Crippen molar-refractivity contribution in [2.75, 3.05) is 13.1 Å². The number of nitriles is 1. The molecule has 27 heavy (non-hydrogen) atoms. The van der Waals surface area contributed by atoms with Gasteiger partial charge in [0.25, 0.3) is 0 Å². The van der Waals surface area contributed by atoms with Crippen molar-refractivity contribution in [3.8, 4) is 6.07 Å². The van der Waals surface area contributed by atoms with Crippen molar-refractivity contribution >= 4 is 45.1 Å². The van der Waals surface area contributed by atoms with Gasteiger partial charge in [0, 0.05) is 9.79 Å². The Morgan fingerprint density at radius 2 is 1.89 bits per heavy atom. The zero-order chi connectivity index (χ0) is 19.1. The molecule has 0 bridgehead atoms. The minimum absolute atomic E-state index is 0.0735. The van der Waals surface area contributed by atoms with Crippen LogP contribution in [0.25, 0.3) is 10.2 Å². The van der Waals surface area contributed by atoms with Gasteiger partial charge in [-0.3, -0.25) is 9.59 Å². The van der Waals surface area contributed by atoms with Crippen LogP contribution in [-0.4, -0.2) is 29.9 Å². The van der Waals surface area contributed by atoms with E-state index in [1.54, 1.807) is 17.8 Å². The minimum Gasteiger partial charge on any atom is -0.347 e. The van der Waals surface area contributed by atoms with Crippen LogP contribution >= 0.6 is 23.1 Å². The van der Waals surface area contributed by atoms with Gasteiger partial charge < -0.3 is 10.6 Å². The van der Waals surface area contributed by atoms with E-state index < -0.39 is 5.91 Å². The van der Waals surface area contributed by atoms with Crippen molar-refractivity contribution in [3.63, 3.8) is 0 Å². The van der Waals surface area contributed by atoms with Crippen LogP contribution in [0.3, 0.4) is 0 Å². The van der Waals surface area contributed by atoms with Gasteiger partial charge in [-0.1, -0.05) is 30.0 Å². The third-order valence-electron chi connectivity index (χ3n) is 3.50. The Balaban J connectivity index is 1.60. The van der Waals surface area contributed by atoms with E-state index in [1.165, 1.54) is 11.3 Å². The van der Waals surface area contributed by atoms with Crippen LogP contribution in [0, 0.1) is 11.3 Å². The molecule has 1 heterocycles. The van der Waals surface area contributed by atoms with E-state index in [2.05, 4.69) is 27.8 Å². The summed E-state index contributed by atoms with van der Waals surface area (Å²) in [5.74, 6) is -0.670. The first-order valence-corrected chi connectivity index (χ1v) is 9.80. The van der Waals surface area contributed by atoms with Gasteiger partial charge in [-0.15, -0.1) is 11.3 Å². The first-order chi connectivity index (χ1) is 13.1. The van der Waals surface area contributed by atoms with Gasteiger partial charge in [0.15, 0.2) is 0 Å². The van der Waals surface area contributed by atoms with E-state index in [1.807, 2.05) is 36.4 Å². The largest absolute Gasteiger partial charge is 0.347 e. The number of thiazole rings is 1. The molecule has 0 unspecified atom stereocenters. The second kappa shape index (κ2) is 9.16. The third kappa shape index (κ3) is 5.54. The molecule has 2 aromatic carbocycles. The minimum atomic E-state index is -0.392. The Morgan fingerprint density at radius 3 is 2.67 bits per heavy atom. The molecule has 2 N–H and O–H groups in total. The monoisotopic (exact) mass is 396 g/mol. The predicted molar refractivity (Wildman–Crippen MR) is 106 cm³/mol. The molecule has 2 amide bonds. The molecule has 8 heteroatoms. The van der Waals surface area contributed by atoms with E-state index in [9.17, 15) is 9.59 Å². The molecular formula is C19H16N4O2S2. The third-order valence-corrected chi connectivity index (χ3v) is 5.54. The van der Waals surface area contributed by atoms with Crippen LogP contribution in [0.2, 0.25) is 0 Å². The maximum atomic E-state index is 12.0. The topological polar surface area (TPSA) is 94.9 Å². The number of rotatable bonds is 7. The van der Waals surface area contributed by atoms with Crippen LogP contribution < -0.4 is 10.6 Å². The lowest BCUT2D eigenvalue weighted by atomic mass is 10.3. The van der Waals surface area contributed by atoms with Gasteiger partial charge in [0.2, 0.25) is 11.8 Å². The van der Waals surface area contributed by atoms with E-state index in [4.69, 9.17) is 5.26 Å². The van der Waals surface area contributed by atoms with Gasteiger partial charge in [0.1, 0.15) is 11.6 Å². The fourth-order valence-corrected chi connectivity index (χ4v) is 4.12. The maximum Gasteiger partial charge on any atom is 0.240 e. The highest BCUT2D eigenvalue weighted by molar-refractivity contribution is 7.99. The predicted octanol–water partition coefficient (Wildman–Crippen LogP) is 2.75. The van der Waals surface area contributed by atoms with E-state index in [0.717, 1.165) is 20.0 Å². The molecule has 0 radical (unpaired) electrons. The summed E-state index contributed by atoms with van der Waals surface area (Å²) in [7, 11) is 0. The van der Waals surface area contributed by atoms with Gasteiger partial charge in [-0.25, -0.2) is 4.98 Å². The quantitative estimate of drug-likeness (QED) is 0.599. The number of nitrogens with zero attached hydrogens (tertiary/aromatic N) is 2. The molecule has 3 rings (SSSR count). The van der Waals surface area contributed by atoms with Crippen LogP contribution in [-0.2, 0) is 16.0 Å². The maximum absolute atomic E-state index is 12.0. The second-order valence-corrected chi connectivity index (χ2v) is 7.80. The van der Waals surface area contributed by atoms with Crippen LogP contribution in [0.15, 0.2) is 58.3 Å². The Kier molecular flexibility index (Phi) is 6.41. The van der Waals surface area contributed by atoms with Gasteiger partial charge in [-0.2, -0.15) is 5.26 Å². The first kappa shape index (κ1) is 18.9. The van der Waals surface area contributed by atoms with Crippen molar-refractivity contribution in [2.45, 2.75) is 16.2 Å². The summed E-state index contributed by atoms with van der Waals surface area (Å²) in [6, 6.07) is 18.0. The molecule has 0 spiro atoms. The van der Waals surface area contributed by atoms with Gasteiger partial charge >= 0.3 is 0 Å². The number of carbonyl (C=O) groups is 2. The highest BCUT2D eigenvalue weighted by atomic mass is 32.2. The summed E-state index contributed by atoms with van der Waals surface area (Å²) >= 11 is 3.13. The molecule has 0 aliphatic carbocycles. The molecule has 0 atom stereocenters. The van der Waals surface area contributed by atoms with Crippen molar-refractivity contribution in [2.24, 2.45) is 0 Å². The summed E-state index contributed by atoms with van der Waals surface area (Å²) < 4.78 is 1.02. The molecule has 0 aliphatic heterocycles. The molecule has 0 saturated heterocycles. The van der Waals surface area contributed by atoms with Crippen LogP contribution in [0.1, 0.15) is 5.01 Å². The van der Waals surface area contributed by atoms with Gasteiger partial charge in [0.05, 0.1) is 29.3 Å². The molecule has 0 fully saturated rings. The molecular weight excluding hydrogens is 380 g/mol. The van der Waals surface area contributed by atoms with E-state index in [-0.39, 0.29) is 25.4 Å². The van der Waals surface area contributed by atoms with Crippen LogP contribution in [0.4, 0.5) is 0 Å². The molecule has 0 aliphatic rings. The van der Waals surface area contributed by atoms with Crippen molar-refractivity contribution in [1.82, 2.24) is 15.6 Å². The molecule has 3 aromatic rings. The molecule has 0 saturated carbocycles. The van der Waals surface area contributed by atoms with E-state index in [0.29, 0.717) is 5.01 Å². The second-order valence-electron chi connectivity index (χ2n) is 5.54. The number of benzene rings is 2. The van der Waals surface area contributed by atoms with Crippen molar-refractivity contribution < 1.29 is 9.59 Å². The number of aromatic nitrogens is 1. The normalized spacial score (nSPS) is 10.3. The number of hydrogen-bond donors (Lipinski definition) is 2. The lowest BCUT2D eigenvalue weighted by molar-refractivity contribution is -0.125. The lowest BCUT2D eigenvalue weighted by Gasteiger charge is -2.03. The summed E-state index contributed by atoms with van der Waals surface area (Å²) in [6.45, 7) is -0.223. The Hall–Kier alpha value is -2.89. The number of hydrogen-bond acceptors (Lipinski definition) is 6. The van der Waals surface area contributed by atoms with Crippen molar-refractivity contribution in [3.05, 3.63) is 53.5 Å². The molecule has 1 aromatic heterocycles. The standard InChI is InChI=1S/C19H16N4O2S2/c20-8-9-21-18(25)12-22-17(24)11-19-23-15-10-14(6-7-16(15)27-19)26-13-4-2-1-3-5-13/h1-7,10H,9,11-12H2,(H,21,25)(H,22,24). The van der Waals surface area contributed by atoms with Crippen LogP contribution in [0.5, 0.6) is 0 Å². The Morgan fingerprint density at radius 1 is 1.07 bits per heavy atom. The van der Waals surface area contributed by atoms with Gasteiger partial charge in [-0.05, 0) is 30.3 Å². The lowest BCUT2D eigenvalue weighted by Crippen LogP contribution is -2.37. The Labute approximate surface area is 164 Å². The smallest absolute Gasteiger partial charge is 0.240 e. The summed E-state index contributed by atoms with van der Waals surface area (Å²) in [4.78, 5) is 30.2. The zero-order valence-corrected chi connectivity index (χ0v) is 15.9. The number of nitrogens with one attached hydrogen (secondary N) is 2. The summed E-state index contributed by atoms with van der Waals surface area (Å²) in [5, 5.41) is 14.0. The zero-order valence-electron chi connectivity index (χ0n) is 14.3. The van der Waals surface area contributed by atoms with E-state index >= 15 is 0 Å².